The Kier molecular flexibility index (Phi) is 5.81. The van der Waals surface area contributed by atoms with E-state index < -0.39 is 21.9 Å². The molecule has 0 aliphatic heterocycles. The molecule has 0 aliphatic carbocycles. The van der Waals surface area contributed by atoms with Crippen molar-refractivity contribution in [2.45, 2.75) is 6.10 Å². The number of amides is 1. The summed E-state index contributed by atoms with van der Waals surface area (Å²) in [6.07, 6.45) is -1.11. The number of nitrogens with one attached hydrogen (secondary N) is 1. The molecule has 136 valence electrons. The predicted octanol–water partition coefficient (Wildman–Crippen LogP) is 1.97. The molecule has 0 fully saturated rings. The van der Waals surface area contributed by atoms with Crippen molar-refractivity contribution in [2.75, 3.05) is 13.7 Å². The van der Waals surface area contributed by atoms with Gasteiger partial charge in [-0.1, -0.05) is 0 Å². The topological polar surface area (TPSA) is 145 Å². The Labute approximate surface area is 147 Å². The van der Waals surface area contributed by atoms with Crippen molar-refractivity contribution < 1.29 is 24.5 Å². The van der Waals surface area contributed by atoms with Crippen LogP contribution in [0.3, 0.4) is 0 Å². The number of nitro benzene ring substituents is 2. The lowest BCUT2D eigenvalue weighted by molar-refractivity contribution is -0.385. The molecule has 0 saturated heterocycles. The number of rotatable bonds is 7. The normalized spacial score (nSPS) is 11.5. The first kappa shape index (κ1) is 18.8. The number of ether oxygens (including phenoxy) is 1. The van der Waals surface area contributed by atoms with Gasteiger partial charge in [-0.25, -0.2) is 0 Å². The van der Waals surface area contributed by atoms with Gasteiger partial charge in [0.05, 0.1) is 28.6 Å². The maximum absolute atomic E-state index is 12.3. The predicted molar refractivity (Wildman–Crippen MR) is 90.0 cm³/mol. The third kappa shape index (κ3) is 4.30. The van der Waals surface area contributed by atoms with Gasteiger partial charge in [0.1, 0.15) is 5.75 Å². The minimum Gasteiger partial charge on any atom is -0.496 e. The van der Waals surface area contributed by atoms with Crippen LogP contribution in [0.15, 0.2) is 42.5 Å². The number of hydrogen-bond acceptors (Lipinski definition) is 7. The van der Waals surface area contributed by atoms with E-state index in [0.29, 0.717) is 5.56 Å². The molecule has 0 saturated carbocycles. The van der Waals surface area contributed by atoms with Gasteiger partial charge < -0.3 is 15.2 Å². The number of carbonyl (C=O) groups excluding carboxylic acids is 1. The molecule has 1 amide bonds. The fourth-order valence-corrected chi connectivity index (χ4v) is 2.21. The van der Waals surface area contributed by atoms with Crippen molar-refractivity contribution >= 4 is 17.3 Å². The first-order valence-corrected chi connectivity index (χ1v) is 7.36. The number of aliphatic hydroxyl groups is 1. The van der Waals surface area contributed by atoms with Gasteiger partial charge in [-0.05, 0) is 23.8 Å². The van der Waals surface area contributed by atoms with E-state index in [1.54, 1.807) is 0 Å². The number of non-ortho nitro benzene ring substituents is 2. The van der Waals surface area contributed by atoms with Gasteiger partial charge >= 0.3 is 0 Å². The molecular weight excluding hydrogens is 346 g/mol. The molecule has 1 atom stereocenters. The van der Waals surface area contributed by atoms with Crippen molar-refractivity contribution in [3.8, 4) is 5.75 Å². The van der Waals surface area contributed by atoms with Gasteiger partial charge in [-0.15, -0.1) is 0 Å². The van der Waals surface area contributed by atoms with Crippen LogP contribution in [0.1, 0.15) is 22.0 Å². The van der Waals surface area contributed by atoms with Gasteiger partial charge in [0.25, 0.3) is 17.3 Å². The van der Waals surface area contributed by atoms with E-state index in [2.05, 4.69) is 5.32 Å². The van der Waals surface area contributed by atoms with Gasteiger partial charge in [0, 0.05) is 30.8 Å². The van der Waals surface area contributed by atoms with Crippen LogP contribution in [-0.2, 0) is 0 Å². The van der Waals surface area contributed by atoms with Crippen molar-refractivity contribution in [3.05, 3.63) is 73.8 Å². The molecule has 1 unspecified atom stereocenters. The molecule has 10 heteroatoms. The lowest BCUT2D eigenvalue weighted by Gasteiger charge is -2.13. The third-order valence-electron chi connectivity index (χ3n) is 3.58. The average molecular weight is 361 g/mol. The van der Waals surface area contributed by atoms with E-state index >= 15 is 0 Å². The zero-order chi connectivity index (χ0) is 19.3. The fourth-order valence-electron chi connectivity index (χ4n) is 2.21. The molecule has 26 heavy (non-hydrogen) atoms. The van der Waals surface area contributed by atoms with Gasteiger partial charge in [0.15, 0.2) is 0 Å². The Bertz CT molecular complexity index is 836. The highest BCUT2D eigenvalue weighted by molar-refractivity contribution is 5.97. The summed E-state index contributed by atoms with van der Waals surface area (Å²) in [6, 6.07) is 8.83. The molecular formula is C16H15N3O7. The lowest BCUT2D eigenvalue weighted by Crippen LogP contribution is -2.28. The maximum Gasteiger partial charge on any atom is 0.270 e. The van der Waals surface area contributed by atoms with E-state index in [4.69, 9.17) is 4.74 Å². The number of aliphatic hydroxyl groups excluding tert-OH is 1. The minimum atomic E-state index is -1.11. The monoisotopic (exact) mass is 361 g/mol. The molecule has 0 heterocycles. The summed E-state index contributed by atoms with van der Waals surface area (Å²) in [4.78, 5) is 32.5. The van der Waals surface area contributed by atoms with Crippen molar-refractivity contribution in [2.24, 2.45) is 0 Å². The smallest absolute Gasteiger partial charge is 0.270 e. The number of nitrogens with zero attached hydrogens (tertiary/aromatic N) is 2. The molecule has 2 N–H and O–H groups in total. The molecule has 10 nitrogen and oxygen atoms in total. The molecule has 0 radical (unpaired) electrons. The van der Waals surface area contributed by atoms with Crippen LogP contribution in [0.2, 0.25) is 0 Å². The highest BCUT2D eigenvalue weighted by atomic mass is 16.6. The number of methoxy groups -OCH3 is 1. The number of hydrogen-bond donors (Lipinski definition) is 2. The largest absolute Gasteiger partial charge is 0.496 e. The first-order valence-electron chi connectivity index (χ1n) is 7.36. The summed E-state index contributed by atoms with van der Waals surface area (Å²) in [7, 11) is 1.32. The Balaban J connectivity index is 2.09. The maximum atomic E-state index is 12.3. The van der Waals surface area contributed by atoms with E-state index in [-0.39, 0.29) is 29.2 Å². The second kappa shape index (κ2) is 8.03. The van der Waals surface area contributed by atoms with Crippen molar-refractivity contribution in [1.29, 1.82) is 0 Å². The zero-order valence-corrected chi connectivity index (χ0v) is 13.6. The third-order valence-corrected chi connectivity index (χ3v) is 3.58. The summed E-state index contributed by atoms with van der Waals surface area (Å²) in [5.41, 5.74) is -0.0577. The number of carbonyl (C=O) groups is 1. The van der Waals surface area contributed by atoms with Crippen LogP contribution < -0.4 is 10.1 Å². The summed E-state index contributed by atoms with van der Waals surface area (Å²) in [5.74, 6) is -0.510. The average Bonchev–Trinajstić information content (AvgIpc) is 2.65. The summed E-state index contributed by atoms with van der Waals surface area (Å²) < 4.78 is 5.02. The number of nitro groups is 2. The molecule has 0 spiro atoms. The first-order chi connectivity index (χ1) is 12.3. The highest BCUT2D eigenvalue weighted by Crippen LogP contribution is 2.24. The van der Waals surface area contributed by atoms with Gasteiger partial charge in [-0.3, -0.25) is 25.0 Å². The highest BCUT2D eigenvalue weighted by Gasteiger charge is 2.19. The van der Waals surface area contributed by atoms with E-state index in [1.165, 1.54) is 43.5 Å². The summed E-state index contributed by atoms with van der Waals surface area (Å²) in [5, 5.41) is 34.0. The van der Waals surface area contributed by atoms with E-state index in [0.717, 1.165) is 6.07 Å². The molecule has 2 aromatic carbocycles. The summed E-state index contributed by atoms with van der Waals surface area (Å²) in [6.45, 7) is -0.192. The second-order valence-electron chi connectivity index (χ2n) is 5.22. The Morgan fingerprint density at radius 1 is 1.12 bits per heavy atom. The van der Waals surface area contributed by atoms with Crippen molar-refractivity contribution in [1.82, 2.24) is 5.32 Å². The SMILES string of the molecule is COc1ccc([N+](=O)[O-])cc1C(=O)NCC(O)c1ccc([N+](=O)[O-])cc1. The number of benzene rings is 2. The van der Waals surface area contributed by atoms with Crippen molar-refractivity contribution in [3.63, 3.8) is 0 Å². The zero-order valence-electron chi connectivity index (χ0n) is 13.6. The molecule has 2 rings (SSSR count). The molecule has 0 aromatic heterocycles. The standard InChI is InChI=1S/C16H15N3O7/c1-26-15-7-6-12(19(24)25)8-13(15)16(21)17-9-14(20)10-2-4-11(5-3-10)18(22)23/h2-8,14,20H,9H2,1H3,(H,17,21). The van der Waals surface area contributed by atoms with Crippen LogP contribution in [0, 0.1) is 20.2 Å². The fraction of sp³-hybridized carbons (Fsp3) is 0.188. The summed E-state index contributed by atoms with van der Waals surface area (Å²) >= 11 is 0. The van der Waals surface area contributed by atoms with Gasteiger partial charge in [-0.2, -0.15) is 0 Å². The van der Waals surface area contributed by atoms with Crippen LogP contribution in [0.25, 0.3) is 0 Å². The Morgan fingerprint density at radius 2 is 1.69 bits per heavy atom. The van der Waals surface area contributed by atoms with E-state index in [9.17, 15) is 30.1 Å². The molecule has 0 bridgehead atoms. The van der Waals surface area contributed by atoms with Gasteiger partial charge in [0.2, 0.25) is 0 Å². The molecule has 0 aliphatic rings. The Hall–Kier alpha value is -3.53. The van der Waals surface area contributed by atoms with Crippen LogP contribution >= 0.6 is 0 Å². The Morgan fingerprint density at radius 3 is 2.23 bits per heavy atom. The minimum absolute atomic E-state index is 0.0439. The quantitative estimate of drug-likeness (QED) is 0.566. The van der Waals surface area contributed by atoms with Crippen LogP contribution in [0.4, 0.5) is 11.4 Å². The van der Waals surface area contributed by atoms with E-state index in [1.807, 2.05) is 0 Å². The van der Waals surface area contributed by atoms with Crippen LogP contribution in [-0.4, -0.2) is 34.5 Å². The lowest BCUT2D eigenvalue weighted by atomic mass is 10.1. The second-order valence-corrected chi connectivity index (χ2v) is 5.22. The van der Waals surface area contributed by atoms with Crippen LogP contribution in [0.5, 0.6) is 5.75 Å². The molecule has 2 aromatic rings.